The summed E-state index contributed by atoms with van der Waals surface area (Å²) in [5, 5.41) is 0. The minimum absolute atomic E-state index is 0.0276. The molecule has 7 nitrogen and oxygen atoms in total. The minimum atomic E-state index is -0.721. The summed E-state index contributed by atoms with van der Waals surface area (Å²) in [6.45, 7) is 6.72. The lowest BCUT2D eigenvalue weighted by Crippen LogP contribution is -2.55. The number of fused-ring (bicyclic) bond motifs is 1. The first-order valence-electron chi connectivity index (χ1n) is 10.7. The summed E-state index contributed by atoms with van der Waals surface area (Å²) in [5.41, 5.74) is 1.50. The largest absolute Gasteiger partial charge is 0.360 e. The van der Waals surface area contributed by atoms with Gasteiger partial charge in [-0.25, -0.2) is 0 Å². The van der Waals surface area contributed by atoms with E-state index in [9.17, 15) is 14.4 Å². The van der Waals surface area contributed by atoms with Crippen molar-refractivity contribution in [1.29, 1.82) is 0 Å². The molecule has 0 radical (unpaired) electrons. The van der Waals surface area contributed by atoms with Crippen LogP contribution in [0.15, 0.2) is 36.4 Å². The molecule has 4 aliphatic rings. The number of benzene rings is 1. The second-order valence-corrected chi connectivity index (χ2v) is 8.82. The van der Waals surface area contributed by atoms with Crippen LogP contribution in [-0.4, -0.2) is 76.9 Å². The number of hydrogen-bond acceptors (Lipinski definition) is 4. The third-order valence-electron chi connectivity index (χ3n) is 6.93. The SMILES string of the molecule is CCN1CCN(C(=O)C2C3C=CC4(CN(Cc5cccc(C)c5)C(=O)C24)O3)CC1=O. The highest BCUT2D eigenvalue weighted by molar-refractivity contribution is 5.94. The molecule has 4 atom stereocenters. The van der Waals surface area contributed by atoms with E-state index >= 15 is 0 Å². The van der Waals surface area contributed by atoms with Gasteiger partial charge in [-0.15, -0.1) is 0 Å². The number of aryl methyl sites for hydroxylation is 1. The standard InChI is InChI=1S/C23H27N3O4/c1-3-24-9-10-25(13-18(24)27)21(28)19-17-7-8-23(30-17)14-26(22(29)20(19)23)12-16-6-4-5-15(2)11-16/h4-8,11,17,19-20H,3,9-10,12-14H2,1-2H3. The summed E-state index contributed by atoms with van der Waals surface area (Å²) < 4.78 is 6.22. The molecule has 7 heteroatoms. The highest BCUT2D eigenvalue weighted by Gasteiger charge is 2.67. The van der Waals surface area contributed by atoms with E-state index in [4.69, 9.17) is 4.74 Å². The van der Waals surface area contributed by atoms with Gasteiger partial charge in [0.2, 0.25) is 17.7 Å². The van der Waals surface area contributed by atoms with E-state index in [1.54, 1.807) is 9.80 Å². The normalized spacial score (nSPS) is 32.3. The zero-order valence-electron chi connectivity index (χ0n) is 17.4. The second-order valence-electron chi connectivity index (χ2n) is 8.82. The smallest absolute Gasteiger partial charge is 0.242 e. The minimum Gasteiger partial charge on any atom is -0.360 e. The fourth-order valence-corrected chi connectivity index (χ4v) is 5.47. The third kappa shape index (κ3) is 2.87. The van der Waals surface area contributed by atoms with Gasteiger partial charge in [-0.1, -0.05) is 42.0 Å². The summed E-state index contributed by atoms with van der Waals surface area (Å²) in [4.78, 5) is 44.3. The number of hydrogen-bond donors (Lipinski definition) is 0. The summed E-state index contributed by atoms with van der Waals surface area (Å²) in [7, 11) is 0. The van der Waals surface area contributed by atoms with Crippen LogP contribution in [0.2, 0.25) is 0 Å². The average Bonchev–Trinajstić information content (AvgIpc) is 3.36. The Morgan fingerprint density at radius 2 is 2.07 bits per heavy atom. The molecule has 0 saturated carbocycles. The Kier molecular flexibility index (Phi) is 4.47. The quantitative estimate of drug-likeness (QED) is 0.695. The first kappa shape index (κ1) is 19.3. The Hall–Kier alpha value is -2.67. The third-order valence-corrected chi connectivity index (χ3v) is 6.93. The van der Waals surface area contributed by atoms with Crippen LogP contribution in [0.3, 0.4) is 0 Å². The highest BCUT2D eigenvalue weighted by atomic mass is 16.5. The number of piperazine rings is 1. The fourth-order valence-electron chi connectivity index (χ4n) is 5.47. The van der Waals surface area contributed by atoms with Gasteiger partial charge in [0.05, 0.1) is 31.0 Å². The van der Waals surface area contributed by atoms with E-state index in [1.165, 1.54) is 0 Å². The molecule has 0 N–H and O–H groups in total. The monoisotopic (exact) mass is 409 g/mol. The maximum absolute atomic E-state index is 13.4. The Labute approximate surface area is 176 Å². The molecule has 0 aromatic heterocycles. The van der Waals surface area contributed by atoms with Crippen molar-refractivity contribution >= 4 is 17.7 Å². The lowest BCUT2D eigenvalue weighted by atomic mass is 9.76. The maximum Gasteiger partial charge on any atom is 0.242 e. The van der Waals surface area contributed by atoms with Crippen LogP contribution in [0, 0.1) is 18.8 Å². The Bertz CT molecular complexity index is 944. The van der Waals surface area contributed by atoms with Crippen LogP contribution >= 0.6 is 0 Å². The van der Waals surface area contributed by atoms with E-state index in [2.05, 4.69) is 6.07 Å². The predicted molar refractivity (Wildman–Crippen MR) is 109 cm³/mol. The number of amides is 3. The molecule has 2 bridgehead atoms. The molecular weight excluding hydrogens is 382 g/mol. The molecule has 30 heavy (non-hydrogen) atoms. The molecule has 1 aromatic carbocycles. The van der Waals surface area contributed by atoms with Crippen LogP contribution in [-0.2, 0) is 25.7 Å². The summed E-state index contributed by atoms with van der Waals surface area (Å²) in [6, 6.07) is 8.12. The molecule has 5 rings (SSSR count). The molecule has 3 fully saturated rings. The van der Waals surface area contributed by atoms with E-state index in [1.807, 2.05) is 49.1 Å². The zero-order chi connectivity index (χ0) is 21.0. The molecule has 4 heterocycles. The van der Waals surface area contributed by atoms with Gasteiger partial charge < -0.3 is 19.4 Å². The van der Waals surface area contributed by atoms with Crippen LogP contribution in [0.4, 0.5) is 0 Å². The molecule has 1 spiro atoms. The molecular formula is C23H27N3O4. The van der Waals surface area contributed by atoms with Crippen molar-refractivity contribution in [3.05, 3.63) is 47.5 Å². The van der Waals surface area contributed by atoms with Gasteiger partial charge in [0.1, 0.15) is 5.60 Å². The predicted octanol–water partition coefficient (Wildman–Crippen LogP) is 0.968. The summed E-state index contributed by atoms with van der Waals surface area (Å²) in [6.07, 6.45) is 3.51. The average molecular weight is 409 g/mol. The van der Waals surface area contributed by atoms with Crippen LogP contribution in [0.1, 0.15) is 18.1 Å². The van der Waals surface area contributed by atoms with Crippen molar-refractivity contribution < 1.29 is 19.1 Å². The molecule has 1 aromatic rings. The molecule has 4 unspecified atom stereocenters. The Morgan fingerprint density at radius 1 is 1.23 bits per heavy atom. The van der Waals surface area contributed by atoms with Gasteiger partial charge in [0, 0.05) is 26.2 Å². The lowest BCUT2D eigenvalue weighted by Gasteiger charge is -2.36. The molecule has 3 amide bonds. The van der Waals surface area contributed by atoms with Gasteiger partial charge in [-0.3, -0.25) is 14.4 Å². The number of likely N-dealkylation sites (N-methyl/N-ethyl adjacent to an activating group) is 1. The van der Waals surface area contributed by atoms with Gasteiger partial charge in [0.15, 0.2) is 0 Å². The van der Waals surface area contributed by atoms with Crippen molar-refractivity contribution in [2.24, 2.45) is 11.8 Å². The molecule has 0 aliphatic carbocycles. The van der Waals surface area contributed by atoms with E-state index < -0.39 is 17.4 Å². The number of rotatable bonds is 4. The summed E-state index contributed by atoms with van der Waals surface area (Å²) in [5.74, 6) is -1.26. The second kappa shape index (κ2) is 6.94. The highest BCUT2D eigenvalue weighted by Crippen LogP contribution is 2.52. The van der Waals surface area contributed by atoms with Crippen LogP contribution in [0.5, 0.6) is 0 Å². The Morgan fingerprint density at radius 3 is 2.80 bits per heavy atom. The van der Waals surface area contributed by atoms with E-state index in [0.29, 0.717) is 32.7 Å². The van der Waals surface area contributed by atoms with Gasteiger partial charge >= 0.3 is 0 Å². The van der Waals surface area contributed by atoms with Crippen molar-refractivity contribution in [2.45, 2.75) is 32.1 Å². The number of likely N-dealkylation sites (tertiary alicyclic amines) is 1. The van der Waals surface area contributed by atoms with Crippen molar-refractivity contribution in [3.8, 4) is 0 Å². The number of ether oxygens (including phenoxy) is 1. The molecule has 4 aliphatic heterocycles. The topological polar surface area (TPSA) is 70.2 Å². The fraction of sp³-hybridized carbons (Fsp3) is 0.522. The van der Waals surface area contributed by atoms with Crippen molar-refractivity contribution in [2.75, 3.05) is 32.7 Å². The van der Waals surface area contributed by atoms with Gasteiger partial charge in [-0.2, -0.15) is 0 Å². The zero-order valence-corrected chi connectivity index (χ0v) is 17.4. The van der Waals surface area contributed by atoms with Crippen molar-refractivity contribution in [1.82, 2.24) is 14.7 Å². The first-order valence-corrected chi connectivity index (χ1v) is 10.7. The van der Waals surface area contributed by atoms with Gasteiger partial charge in [0.25, 0.3) is 0 Å². The van der Waals surface area contributed by atoms with E-state index in [0.717, 1.165) is 11.1 Å². The molecule has 158 valence electrons. The molecule has 3 saturated heterocycles. The van der Waals surface area contributed by atoms with Crippen LogP contribution < -0.4 is 0 Å². The Balaban J connectivity index is 1.36. The maximum atomic E-state index is 13.4. The first-order chi connectivity index (χ1) is 14.4. The summed E-state index contributed by atoms with van der Waals surface area (Å²) >= 11 is 0. The van der Waals surface area contributed by atoms with E-state index in [-0.39, 0.29) is 30.4 Å². The van der Waals surface area contributed by atoms with Crippen LogP contribution in [0.25, 0.3) is 0 Å². The number of carbonyl (C=O) groups excluding carboxylic acids is 3. The lowest BCUT2D eigenvalue weighted by molar-refractivity contribution is -0.150. The number of carbonyl (C=O) groups is 3. The van der Waals surface area contributed by atoms with Gasteiger partial charge in [-0.05, 0) is 19.4 Å². The van der Waals surface area contributed by atoms with Crippen molar-refractivity contribution in [3.63, 3.8) is 0 Å². The number of nitrogens with zero attached hydrogens (tertiary/aromatic N) is 3.